The summed E-state index contributed by atoms with van der Waals surface area (Å²) in [6, 6.07) is 16.2. The predicted octanol–water partition coefficient (Wildman–Crippen LogP) is 5.90. The van der Waals surface area contributed by atoms with E-state index in [1.165, 1.54) is 0 Å². The van der Waals surface area contributed by atoms with Gasteiger partial charge in [0.05, 0.1) is 22.8 Å². The number of amides is 1. The highest BCUT2D eigenvalue weighted by molar-refractivity contribution is 6.31. The zero-order valence-electron chi connectivity index (χ0n) is 16.3. The van der Waals surface area contributed by atoms with Crippen LogP contribution in [0.3, 0.4) is 0 Å². The van der Waals surface area contributed by atoms with E-state index in [1.54, 1.807) is 36.2 Å². The van der Waals surface area contributed by atoms with Crippen LogP contribution in [0.15, 0.2) is 66.9 Å². The highest BCUT2D eigenvalue weighted by Gasteiger charge is 2.32. The molecule has 3 rings (SSSR count). The van der Waals surface area contributed by atoms with Crippen LogP contribution in [0.4, 0.5) is 18.9 Å². The number of nitrogens with zero attached hydrogens (tertiary/aromatic N) is 2. The quantitative estimate of drug-likeness (QED) is 0.490. The SMILES string of the molecule is CN(c1ccc(Cl)cc1)[C@H](C(=O)NCc1ncc(C(F)(F)F)cc1Cl)c1ccccc1. The molecular formula is C22H18Cl2F3N3O. The minimum absolute atomic E-state index is 0.117. The van der Waals surface area contributed by atoms with E-state index in [-0.39, 0.29) is 23.2 Å². The number of benzene rings is 2. The fourth-order valence-corrected chi connectivity index (χ4v) is 3.39. The minimum atomic E-state index is -4.54. The molecule has 0 saturated heterocycles. The van der Waals surface area contributed by atoms with E-state index in [0.29, 0.717) is 11.2 Å². The van der Waals surface area contributed by atoms with E-state index in [0.717, 1.165) is 17.3 Å². The average molecular weight is 468 g/mol. The third-order valence-electron chi connectivity index (χ3n) is 4.66. The smallest absolute Gasteiger partial charge is 0.359 e. The van der Waals surface area contributed by atoms with Crippen LogP contribution in [0, 0.1) is 0 Å². The maximum absolute atomic E-state index is 13.1. The molecule has 9 heteroatoms. The van der Waals surface area contributed by atoms with Crippen molar-refractivity contribution >= 4 is 34.8 Å². The van der Waals surface area contributed by atoms with Crippen molar-refractivity contribution in [2.24, 2.45) is 0 Å². The van der Waals surface area contributed by atoms with Gasteiger partial charge in [0.25, 0.3) is 0 Å². The number of hydrogen-bond donors (Lipinski definition) is 1. The summed E-state index contributed by atoms with van der Waals surface area (Å²) in [5, 5.41) is 3.12. The number of alkyl halides is 3. The second kappa shape index (κ2) is 9.58. The molecule has 4 nitrogen and oxygen atoms in total. The molecule has 2 aromatic carbocycles. The van der Waals surface area contributed by atoms with Crippen LogP contribution in [-0.4, -0.2) is 17.9 Å². The standard InChI is InChI=1S/C22H18Cl2F3N3O/c1-30(17-9-7-16(23)8-10-17)20(14-5-3-2-4-6-14)21(31)29-13-19-18(24)11-15(12-28-19)22(25,26)27/h2-12,20H,13H2,1H3,(H,29,31)/t20-/m0/s1. The summed E-state index contributed by atoms with van der Waals surface area (Å²) < 4.78 is 38.4. The Labute approximate surface area is 187 Å². The highest BCUT2D eigenvalue weighted by Crippen LogP contribution is 2.31. The van der Waals surface area contributed by atoms with Crippen LogP contribution in [0.5, 0.6) is 0 Å². The maximum atomic E-state index is 13.1. The molecule has 0 radical (unpaired) electrons. The van der Waals surface area contributed by atoms with Gasteiger partial charge in [-0.25, -0.2) is 0 Å². The number of nitrogens with one attached hydrogen (secondary N) is 1. The van der Waals surface area contributed by atoms with E-state index >= 15 is 0 Å². The Morgan fingerprint density at radius 2 is 1.74 bits per heavy atom. The molecule has 0 bridgehead atoms. The third kappa shape index (κ3) is 5.68. The van der Waals surface area contributed by atoms with Crippen molar-refractivity contribution in [1.82, 2.24) is 10.3 Å². The molecule has 0 saturated carbocycles. The van der Waals surface area contributed by atoms with Crippen molar-refractivity contribution in [3.8, 4) is 0 Å². The van der Waals surface area contributed by atoms with Gasteiger partial charge in [-0.3, -0.25) is 9.78 Å². The number of carbonyl (C=O) groups excluding carboxylic acids is 1. The molecule has 0 aliphatic carbocycles. The van der Waals surface area contributed by atoms with E-state index in [9.17, 15) is 18.0 Å². The van der Waals surface area contributed by atoms with Gasteiger partial charge in [0.1, 0.15) is 6.04 Å². The first-order valence-corrected chi connectivity index (χ1v) is 9.95. The van der Waals surface area contributed by atoms with Crippen molar-refractivity contribution in [2.45, 2.75) is 18.8 Å². The Bertz CT molecular complexity index is 1040. The van der Waals surface area contributed by atoms with Gasteiger partial charge in [0.2, 0.25) is 5.91 Å². The Morgan fingerprint density at radius 3 is 2.32 bits per heavy atom. The number of pyridine rings is 1. The van der Waals surface area contributed by atoms with Crippen LogP contribution in [-0.2, 0) is 17.5 Å². The fourth-order valence-electron chi connectivity index (χ4n) is 3.03. The molecule has 162 valence electrons. The number of halogens is 5. The van der Waals surface area contributed by atoms with Crippen molar-refractivity contribution in [3.63, 3.8) is 0 Å². The van der Waals surface area contributed by atoms with Gasteiger partial charge in [-0.15, -0.1) is 0 Å². The molecule has 0 unspecified atom stereocenters. The lowest BCUT2D eigenvalue weighted by Crippen LogP contribution is -2.38. The van der Waals surface area contributed by atoms with Crippen LogP contribution in [0.2, 0.25) is 10.0 Å². The van der Waals surface area contributed by atoms with E-state index < -0.39 is 17.8 Å². The Hall–Kier alpha value is -2.77. The number of rotatable bonds is 6. The van der Waals surface area contributed by atoms with Crippen molar-refractivity contribution in [1.29, 1.82) is 0 Å². The molecule has 0 fully saturated rings. The first-order valence-electron chi connectivity index (χ1n) is 9.19. The summed E-state index contributed by atoms with van der Waals surface area (Å²) >= 11 is 11.9. The van der Waals surface area contributed by atoms with Crippen LogP contribution >= 0.6 is 23.2 Å². The summed E-state index contributed by atoms with van der Waals surface area (Å²) in [4.78, 5) is 18.7. The fraction of sp³-hybridized carbons (Fsp3) is 0.182. The summed E-state index contributed by atoms with van der Waals surface area (Å²) in [6.45, 7) is -0.117. The van der Waals surface area contributed by atoms with Gasteiger partial charge >= 0.3 is 6.18 Å². The van der Waals surface area contributed by atoms with Crippen LogP contribution in [0.25, 0.3) is 0 Å². The van der Waals surface area contributed by atoms with Gasteiger partial charge in [-0.1, -0.05) is 53.5 Å². The number of hydrogen-bond acceptors (Lipinski definition) is 3. The van der Waals surface area contributed by atoms with E-state index in [2.05, 4.69) is 10.3 Å². The molecule has 0 aliphatic rings. The van der Waals surface area contributed by atoms with Gasteiger partial charge in [-0.2, -0.15) is 13.2 Å². The van der Waals surface area contributed by atoms with Gasteiger partial charge in [0.15, 0.2) is 0 Å². The number of likely N-dealkylation sites (N-methyl/N-ethyl adjacent to an activating group) is 1. The predicted molar refractivity (Wildman–Crippen MR) is 115 cm³/mol. The number of carbonyl (C=O) groups is 1. The second-order valence-electron chi connectivity index (χ2n) is 6.77. The Balaban J connectivity index is 1.82. The molecule has 1 heterocycles. The summed E-state index contributed by atoms with van der Waals surface area (Å²) in [7, 11) is 1.77. The minimum Gasteiger partial charge on any atom is -0.359 e. The molecule has 31 heavy (non-hydrogen) atoms. The average Bonchev–Trinajstić information content (AvgIpc) is 2.73. The van der Waals surface area contributed by atoms with Crippen molar-refractivity contribution in [3.05, 3.63) is 93.7 Å². The molecule has 1 N–H and O–H groups in total. The van der Waals surface area contributed by atoms with Gasteiger partial charge in [0, 0.05) is 24.0 Å². The van der Waals surface area contributed by atoms with E-state index in [4.69, 9.17) is 23.2 Å². The maximum Gasteiger partial charge on any atom is 0.417 e. The molecule has 1 aromatic heterocycles. The lowest BCUT2D eigenvalue weighted by atomic mass is 10.0. The molecular weight excluding hydrogens is 450 g/mol. The van der Waals surface area contributed by atoms with Crippen molar-refractivity contribution < 1.29 is 18.0 Å². The zero-order chi connectivity index (χ0) is 22.6. The monoisotopic (exact) mass is 467 g/mol. The van der Waals surface area contributed by atoms with Crippen LogP contribution < -0.4 is 10.2 Å². The molecule has 0 spiro atoms. The Kier molecular flexibility index (Phi) is 7.08. The summed E-state index contributed by atoms with van der Waals surface area (Å²) in [6.07, 6.45) is -3.85. The molecule has 3 aromatic rings. The third-order valence-corrected chi connectivity index (χ3v) is 5.24. The molecule has 1 atom stereocenters. The molecule has 0 aliphatic heterocycles. The largest absolute Gasteiger partial charge is 0.417 e. The lowest BCUT2D eigenvalue weighted by Gasteiger charge is -2.29. The van der Waals surface area contributed by atoms with E-state index in [1.807, 2.05) is 30.3 Å². The molecule has 1 amide bonds. The van der Waals surface area contributed by atoms with Gasteiger partial charge in [-0.05, 0) is 35.9 Å². The first kappa shape index (κ1) is 22.9. The van der Waals surface area contributed by atoms with Crippen molar-refractivity contribution in [2.75, 3.05) is 11.9 Å². The number of anilines is 1. The van der Waals surface area contributed by atoms with Crippen LogP contribution in [0.1, 0.15) is 22.9 Å². The second-order valence-corrected chi connectivity index (χ2v) is 7.61. The normalized spacial score (nSPS) is 12.3. The summed E-state index contributed by atoms with van der Waals surface area (Å²) in [5.41, 5.74) is 0.698. The number of aromatic nitrogens is 1. The zero-order valence-corrected chi connectivity index (χ0v) is 17.8. The topological polar surface area (TPSA) is 45.2 Å². The lowest BCUT2D eigenvalue weighted by molar-refractivity contribution is -0.137. The highest BCUT2D eigenvalue weighted by atomic mass is 35.5. The Morgan fingerprint density at radius 1 is 1.10 bits per heavy atom. The first-order chi connectivity index (χ1) is 14.7. The van der Waals surface area contributed by atoms with Gasteiger partial charge < -0.3 is 10.2 Å². The summed E-state index contributed by atoms with van der Waals surface area (Å²) in [5.74, 6) is -0.360.